The van der Waals surface area contributed by atoms with Crippen LogP contribution < -0.4 is 0 Å². The van der Waals surface area contributed by atoms with Gasteiger partial charge < -0.3 is 4.74 Å². The highest BCUT2D eigenvalue weighted by atomic mass is 32.1. The Morgan fingerprint density at radius 1 is 1.11 bits per heavy atom. The van der Waals surface area contributed by atoms with Gasteiger partial charge >= 0.3 is 12.1 Å². The summed E-state index contributed by atoms with van der Waals surface area (Å²) in [6.07, 6.45) is -4.34. The van der Waals surface area contributed by atoms with Gasteiger partial charge in [-0.1, -0.05) is 12.1 Å². The van der Waals surface area contributed by atoms with E-state index in [0.717, 1.165) is 12.1 Å². The number of methoxy groups -OCH3 is 1. The largest absolute Gasteiger partial charge is 0.465 e. The van der Waals surface area contributed by atoms with Crippen molar-refractivity contribution < 1.29 is 22.7 Å². The second kappa shape index (κ2) is 5.05. The van der Waals surface area contributed by atoms with Crippen molar-refractivity contribution in [1.29, 1.82) is 0 Å². The van der Waals surface area contributed by atoms with Crippen molar-refractivity contribution in [1.82, 2.24) is 0 Å². The lowest BCUT2D eigenvalue weighted by molar-refractivity contribution is -0.137. The van der Waals surface area contributed by atoms with Gasteiger partial charge in [-0.25, -0.2) is 4.79 Å². The van der Waals surface area contributed by atoms with Gasteiger partial charge in [0.25, 0.3) is 0 Å². The van der Waals surface area contributed by atoms with E-state index in [2.05, 4.69) is 4.74 Å². The van der Waals surface area contributed by atoms with Gasteiger partial charge in [0, 0.05) is 4.88 Å². The normalized spacial score (nSPS) is 11.4. The molecular formula is C13H9F3O2S. The number of esters is 1. The Labute approximate surface area is 111 Å². The van der Waals surface area contributed by atoms with E-state index in [1.165, 1.54) is 30.6 Å². The number of thiophene rings is 1. The second-order valence-electron chi connectivity index (χ2n) is 3.73. The van der Waals surface area contributed by atoms with Crippen LogP contribution in [0.5, 0.6) is 0 Å². The van der Waals surface area contributed by atoms with E-state index in [1.807, 2.05) is 0 Å². The van der Waals surface area contributed by atoms with Crippen LogP contribution in [0.3, 0.4) is 0 Å². The number of carbonyl (C=O) groups excluding carboxylic acids is 1. The van der Waals surface area contributed by atoms with Crippen molar-refractivity contribution in [3.63, 3.8) is 0 Å². The number of ether oxygens (including phenoxy) is 1. The maximum absolute atomic E-state index is 12.4. The van der Waals surface area contributed by atoms with Crippen LogP contribution in [0, 0.1) is 0 Å². The maximum atomic E-state index is 12.4. The molecule has 0 amide bonds. The molecule has 1 aromatic heterocycles. The van der Waals surface area contributed by atoms with Gasteiger partial charge in [0.1, 0.15) is 4.88 Å². The summed E-state index contributed by atoms with van der Waals surface area (Å²) in [5.74, 6) is -0.455. The highest BCUT2D eigenvalue weighted by molar-refractivity contribution is 7.17. The molecule has 1 aromatic carbocycles. The fraction of sp³-hybridized carbons (Fsp3) is 0.154. The molecule has 0 unspecified atom stereocenters. The van der Waals surface area contributed by atoms with Gasteiger partial charge in [0.05, 0.1) is 12.7 Å². The molecule has 0 N–H and O–H groups in total. The Morgan fingerprint density at radius 2 is 1.74 bits per heavy atom. The molecule has 1 heterocycles. The number of hydrogen-bond donors (Lipinski definition) is 0. The molecule has 6 heteroatoms. The van der Waals surface area contributed by atoms with Gasteiger partial charge in [0.2, 0.25) is 0 Å². The van der Waals surface area contributed by atoms with E-state index < -0.39 is 17.7 Å². The van der Waals surface area contributed by atoms with Crippen LogP contribution in [0.1, 0.15) is 15.2 Å². The van der Waals surface area contributed by atoms with E-state index in [9.17, 15) is 18.0 Å². The molecule has 0 saturated heterocycles. The number of rotatable bonds is 2. The van der Waals surface area contributed by atoms with Crippen LogP contribution >= 0.6 is 11.3 Å². The van der Waals surface area contributed by atoms with Crippen molar-refractivity contribution in [2.75, 3.05) is 7.11 Å². The Hall–Kier alpha value is -1.82. The number of halogens is 3. The van der Waals surface area contributed by atoms with Crippen LogP contribution in [0.2, 0.25) is 0 Å². The lowest BCUT2D eigenvalue weighted by Gasteiger charge is -2.06. The quantitative estimate of drug-likeness (QED) is 0.773. The molecule has 19 heavy (non-hydrogen) atoms. The third kappa shape index (κ3) is 2.96. The third-order valence-corrected chi connectivity index (χ3v) is 3.60. The van der Waals surface area contributed by atoms with Gasteiger partial charge in [-0.05, 0) is 29.8 Å². The van der Waals surface area contributed by atoms with Crippen LogP contribution in [0.25, 0.3) is 10.4 Å². The molecule has 0 atom stereocenters. The standard InChI is InChI=1S/C13H9F3O2S/c1-18-12(17)11-7-6-10(19-11)8-2-4-9(5-3-8)13(14,15)16/h2-7H,1H3. The zero-order valence-electron chi connectivity index (χ0n) is 9.82. The number of benzene rings is 1. The maximum Gasteiger partial charge on any atom is 0.416 e. The van der Waals surface area contributed by atoms with E-state index >= 15 is 0 Å². The predicted molar refractivity (Wildman–Crippen MR) is 66.1 cm³/mol. The minimum absolute atomic E-state index is 0.414. The highest BCUT2D eigenvalue weighted by Gasteiger charge is 2.30. The van der Waals surface area contributed by atoms with Gasteiger partial charge in [-0.2, -0.15) is 13.2 Å². The summed E-state index contributed by atoms with van der Waals surface area (Å²) in [5, 5.41) is 0. The minimum Gasteiger partial charge on any atom is -0.465 e. The zero-order valence-corrected chi connectivity index (χ0v) is 10.6. The first-order chi connectivity index (χ1) is 8.91. The summed E-state index contributed by atoms with van der Waals surface area (Å²) in [4.78, 5) is 12.4. The summed E-state index contributed by atoms with van der Waals surface area (Å²) in [7, 11) is 1.28. The molecule has 0 radical (unpaired) electrons. The van der Waals surface area contributed by atoms with E-state index in [-0.39, 0.29) is 0 Å². The molecule has 100 valence electrons. The molecule has 2 nitrogen and oxygen atoms in total. The van der Waals surface area contributed by atoms with Crippen LogP contribution in [-0.2, 0) is 10.9 Å². The topological polar surface area (TPSA) is 26.3 Å². The zero-order chi connectivity index (χ0) is 14.0. The fourth-order valence-electron chi connectivity index (χ4n) is 1.53. The summed E-state index contributed by atoms with van der Waals surface area (Å²) in [5.41, 5.74) is -0.0610. The van der Waals surface area contributed by atoms with Crippen LogP contribution in [-0.4, -0.2) is 13.1 Å². The van der Waals surface area contributed by atoms with Crippen LogP contribution in [0.15, 0.2) is 36.4 Å². The monoisotopic (exact) mass is 286 g/mol. The van der Waals surface area contributed by atoms with Crippen molar-refractivity contribution >= 4 is 17.3 Å². The highest BCUT2D eigenvalue weighted by Crippen LogP contribution is 2.33. The number of hydrogen-bond acceptors (Lipinski definition) is 3. The van der Waals surface area contributed by atoms with Crippen molar-refractivity contribution in [2.45, 2.75) is 6.18 Å². The van der Waals surface area contributed by atoms with Crippen LogP contribution in [0.4, 0.5) is 13.2 Å². The third-order valence-electron chi connectivity index (χ3n) is 2.49. The summed E-state index contributed by atoms with van der Waals surface area (Å²) >= 11 is 1.18. The first-order valence-electron chi connectivity index (χ1n) is 5.27. The molecule has 0 spiro atoms. The van der Waals surface area contributed by atoms with E-state index in [1.54, 1.807) is 12.1 Å². The predicted octanol–water partition coefficient (Wildman–Crippen LogP) is 4.22. The molecule has 2 aromatic rings. The summed E-state index contributed by atoms with van der Waals surface area (Å²) in [6.45, 7) is 0. The molecule has 0 aliphatic carbocycles. The SMILES string of the molecule is COC(=O)c1ccc(-c2ccc(C(F)(F)F)cc2)s1. The van der Waals surface area contributed by atoms with Gasteiger partial charge in [-0.15, -0.1) is 11.3 Å². The van der Waals surface area contributed by atoms with E-state index in [0.29, 0.717) is 15.3 Å². The molecular weight excluding hydrogens is 277 g/mol. The summed E-state index contributed by atoms with van der Waals surface area (Å²) in [6, 6.07) is 8.08. The first kappa shape index (κ1) is 13.6. The average Bonchev–Trinajstić information content (AvgIpc) is 2.86. The Morgan fingerprint density at radius 3 is 2.26 bits per heavy atom. The summed E-state index contributed by atoms with van der Waals surface area (Å²) < 4.78 is 41.8. The van der Waals surface area contributed by atoms with Crippen molar-refractivity contribution in [3.05, 3.63) is 46.8 Å². The molecule has 0 saturated carbocycles. The first-order valence-corrected chi connectivity index (χ1v) is 6.09. The smallest absolute Gasteiger partial charge is 0.416 e. The van der Waals surface area contributed by atoms with Crippen molar-refractivity contribution in [2.24, 2.45) is 0 Å². The number of alkyl halides is 3. The molecule has 0 fully saturated rings. The lowest BCUT2D eigenvalue weighted by atomic mass is 10.1. The Bertz CT molecular complexity index is 585. The van der Waals surface area contributed by atoms with Gasteiger partial charge in [-0.3, -0.25) is 0 Å². The van der Waals surface area contributed by atoms with E-state index in [4.69, 9.17) is 0 Å². The Kier molecular flexibility index (Phi) is 3.61. The average molecular weight is 286 g/mol. The van der Waals surface area contributed by atoms with Gasteiger partial charge in [0.15, 0.2) is 0 Å². The minimum atomic E-state index is -4.34. The Balaban J connectivity index is 2.28. The molecule has 0 bridgehead atoms. The molecule has 0 aliphatic heterocycles. The number of carbonyl (C=O) groups is 1. The molecule has 0 aliphatic rings. The molecule has 2 rings (SSSR count). The second-order valence-corrected chi connectivity index (χ2v) is 4.81. The van der Waals surface area contributed by atoms with Crippen molar-refractivity contribution in [3.8, 4) is 10.4 Å². The fourth-order valence-corrected chi connectivity index (χ4v) is 2.46. The lowest BCUT2D eigenvalue weighted by Crippen LogP contribution is -2.03.